The van der Waals surface area contributed by atoms with E-state index in [4.69, 9.17) is 5.11 Å². The molecule has 1 aliphatic rings. The molecular formula is C8H13F2NO6. The van der Waals surface area contributed by atoms with Crippen molar-refractivity contribution in [1.82, 2.24) is 5.32 Å². The number of amides is 1. The van der Waals surface area contributed by atoms with E-state index in [0.717, 1.165) is 0 Å². The maximum absolute atomic E-state index is 12.0. The van der Waals surface area contributed by atoms with E-state index in [9.17, 15) is 28.9 Å². The van der Waals surface area contributed by atoms with Gasteiger partial charge in [-0.25, -0.2) is 0 Å². The third-order valence-corrected chi connectivity index (χ3v) is 2.41. The molecule has 0 radical (unpaired) electrons. The van der Waals surface area contributed by atoms with Crippen LogP contribution in [0.3, 0.4) is 0 Å². The lowest BCUT2D eigenvalue weighted by Gasteiger charge is -2.40. The highest BCUT2D eigenvalue weighted by atomic mass is 19.3. The molecule has 1 heterocycles. The lowest BCUT2D eigenvalue weighted by atomic mass is 9.97. The standard InChI is InChI=1S/C8H13F2NO6/c9-6(10)7(15)11-3-5(14)4(13)2(1-12)17-8(3)16/h2-6,8,12-14,16H,1H2,(H,11,15)/t2-,3-,4+,5-,8-/m1/s1. The molecule has 5 atom stereocenters. The number of hydrogen-bond acceptors (Lipinski definition) is 6. The van der Waals surface area contributed by atoms with E-state index in [2.05, 4.69) is 4.74 Å². The summed E-state index contributed by atoms with van der Waals surface area (Å²) in [6.45, 7) is -0.676. The first-order valence-electron chi connectivity index (χ1n) is 4.77. The summed E-state index contributed by atoms with van der Waals surface area (Å²) in [6, 6.07) is -1.59. The zero-order valence-electron chi connectivity index (χ0n) is 8.53. The molecule has 17 heavy (non-hydrogen) atoms. The highest BCUT2D eigenvalue weighted by Gasteiger charge is 2.44. The van der Waals surface area contributed by atoms with Crippen molar-refractivity contribution >= 4 is 5.91 Å². The van der Waals surface area contributed by atoms with Gasteiger partial charge >= 0.3 is 6.43 Å². The molecule has 5 N–H and O–H groups in total. The number of ether oxygens (including phenoxy) is 1. The van der Waals surface area contributed by atoms with E-state index >= 15 is 0 Å². The summed E-state index contributed by atoms with van der Waals surface area (Å²) < 4.78 is 28.6. The molecule has 0 aliphatic carbocycles. The van der Waals surface area contributed by atoms with Crippen LogP contribution in [-0.2, 0) is 9.53 Å². The summed E-state index contributed by atoms with van der Waals surface area (Å²) in [5.41, 5.74) is 0. The topological polar surface area (TPSA) is 119 Å². The second-order valence-electron chi connectivity index (χ2n) is 3.56. The molecule has 0 spiro atoms. The van der Waals surface area contributed by atoms with Gasteiger partial charge in [-0.1, -0.05) is 0 Å². The van der Waals surface area contributed by atoms with Crippen molar-refractivity contribution in [3.63, 3.8) is 0 Å². The van der Waals surface area contributed by atoms with E-state index < -0.39 is 49.6 Å². The number of rotatable bonds is 3. The zero-order chi connectivity index (χ0) is 13.2. The summed E-state index contributed by atoms with van der Waals surface area (Å²) in [5.74, 6) is -1.70. The van der Waals surface area contributed by atoms with Crippen LogP contribution in [0, 0.1) is 0 Å². The second-order valence-corrected chi connectivity index (χ2v) is 3.56. The summed E-state index contributed by atoms with van der Waals surface area (Å²) in [5, 5.41) is 38.6. The smallest absolute Gasteiger partial charge is 0.315 e. The quantitative estimate of drug-likeness (QED) is 0.372. The van der Waals surface area contributed by atoms with Crippen molar-refractivity contribution in [2.45, 2.75) is 37.1 Å². The van der Waals surface area contributed by atoms with Gasteiger partial charge in [-0.15, -0.1) is 0 Å². The highest BCUT2D eigenvalue weighted by Crippen LogP contribution is 2.19. The van der Waals surface area contributed by atoms with Crippen molar-refractivity contribution in [3.05, 3.63) is 0 Å². The molecule has 7 nitrogen and oxygen atoms in total. The Hall–Kier alpha value is -0.870. The van der Waals surface area contributed by atoms with E-state index in [-0.39, 0.29) is 0 Å². The van der Waals surface area contributed by atoms with Gasteiger partial charge in [0.2, 0.25) is 0 Å². The van der Waals surface area contributed by atoms with Gasteiger partial charge < -0.3 is 30.5 Å². The molecule has 100 valence electrons. The fraction of sp³-hybridized carbons (Fsp3) is 0.875. The van der Waals surface area contributed by atoms with E-state index in [0.29, 0.717) is 0 Å². The van der Waals surface area contributed by atoms with Crippen LogP contribution in [-0.4, -0.2) is 70.0 Å². The first-order chi connectivity index (χ1) is 7.88. The lowest BCUT2D eigenvalue weighted by Crippen LogP contribution is -2.64. The molecule has 1 rings (SSSR count). The summed E-state index contributed by atoms with van der Waals surface area (Å²) >= 11 is 0. The minimum Gasteiger partial charge on any atom is -0.394 e. The molecule has 9 heteroatoms. The van der Waals surface area contributed by atoms with Crippen molar-refractivity contribution in [3.8, 4) is 0 Å². The Morgan fingerprint density at radius 2 is 1.88 bits per heavy atom. The van der Waals surface area contributed by atoms with Gasteiger partial charge in [0, 0.05) is 0 Å². The molecular weight excluding hydrogens is 244 g/mol. The number of aliphatic hydroxyl groups is 4. The fourth-order valence-corrected chi connectivity index (χ4v) is 1.48. The summed E-state index contributed by atoms with van der Waals surface area (Å²) in [4.78, 5) is 10.7. The molecule has 1 amide bonds. The molecule has 1 saturated heterocycles. The summed E-state index contributed by atoms with van der Waals surface area (Å²) in [6.07, 6.45) is -9.69. The Kier molecular flexibility index (Phi) is 4.71. The predicted octanol–water partition coefficient (Wildman–Crippen LogP) is -2.83. The first-order valence-corrected chi connectivity index (χ1v) is 4.77. The van der Waals surface area contributed by atoms with Crippen molar-refractivity contribution in [2.24, 2.45) is 0 Å². The van der Waals surface area contributed by atoms with Gasteiger partial charge in [-0.3, -0.25) is 4.79 Å². The van der Waals surface area contributed by atoms with Crippen molar-refractivity contribution < 1.29 is 38.7 Å². The Labute approximate surface area is 94.6 Å². The van der Waals surface area contributed by atoms with Crippen LogP contribution in [0.25, 0.3) is 0 Å². The second kappa shape index (κ2) is 5.65. The van der Waals surface area contributed by atoms with E-state index in [1.54, 1.807) is 5.32 Å². The minimum atomic E-state index is -3.32. The van der Waals surface area contributed by atoms with Gasteiger partial charge in [-0.2, -0.15) is 8.78 Å². The lowest BCUT2D eigenvalue weighted by molar-refractivity contribution is -0.254. The molecule has 0 aromatic rings. The normalized spacial score (nSPS) is 38.2. The largest absolute Gasteiger partial charge is 0.394 e. The SMILES string of the molecule is O=C(N[C@@H]1[C@@H](O)[C@@H](O)[C@@H](CO)O[C@H]1O)C(F)F. The van der Waals surface area contributed by atoms with Gasteiger partial charge in [0.15, 0.2) is 6.29 Å². The molecule has 0 bridgehead atoms. The average molecular weight is 257 g/mol. The van der Waals surface area contributed by atoms with Gasteiger partial charge in [0.25, 0.3) is 5.91 Å². The highest BCUT2D eigenvalue weighted by molar-refractivity contribution is 5.79. The fourth-order valence-electron chi connectivity index (χ4n) is 1.48. The van der Waals surface area contributed by atoms with Crippen LogP contribution in [0.2, 0.25) is 0 Å². The van der Waals surface area contributed by atoms with Crippen LogP contribution >= 0.6 is 0 Å². The van der Waals surface area contributed by atoms with Crippen LogP contribution in [0.15, 0.2) is 0 Å². The average Bonchev–Trinajstić information content (AvgIpc) is 2.28. The van der Waals surface area contributed by atoms with Gasteiger partial charge in [0.1, 0.15) is 24.4 Å². The minimum absolute atomic E-state index is 0.676. The van der Waals surface area contributed by atoms with Crippen molar-refractivity contribution in [1.29, 1.82) is 0 Å². The predicted molar refractivity (Wildman–Crippen MR) is 47.9 cm³/mol. The molecule has 0 saturated carbocycles. The monoisotopic (exact) mass is 257 g/mol. The number of nitrogens with one attached hydrogen (secondary N) is 1. The van der Waals surface area contributed by atoms with Crippen LogP contribution < -0.4 is 5.32 Å². The third kappa shape index (κ3) is 3.07. The molecule has 0 aromatic carbocycles. The Bertz CT molecular complexity index is 279. The van der Waals surface area contributed by atoms with Gasteiger partial charge in [-0.05, 0) is 0 Å². The molecule has 1 aliphatic heterocycles. The molecule has 1 fully saturated rings. The van der Waals surface area contributed by atoms with Crippen LogP contribution in [0.1, 0.15) is 0 Å². The number of hydrogen-bond donors (Lipinski definition) is 5. The third-order valence-electron chi connectivity index (χ3n) is 2.41. The van der Waals surface area contributed by atoms with Crippen LogP contribution in [0.4, 0.5) is 8.78 Å². The van der Waals surface area contributed by atoms with Crippen molar-refractivity contribution in [2.75, 3.05) is 6.61 Å². The number of halogens is 2. The zero-order valence-corrected chi connectivity index (χ0v) is 8.53. The number of alkyl halides is 2. The summed E-state index contributed by atoms with van der Waals surface area (Å²) in [7, 11) is 0. The van der Waals surface area contributed by atoms with Crippen LogP contribution in [0.5, 0.6) is 0 Å². The Morgan fingerprint density at radius 3 is 2.35 bits per heavy atom. The number of aliphatic hydroxyl groups excluding tert-OH is 4. The molecule has 0 unspecified atom stereocenters. The maximum Gasteiger partial charge on any atom is 0.315 e. The molecule has 0 aromatic heterocycles. The van der Waals surface area contributed by atoms with Gasteiger partial charge in [0.05, 0.1) is 6.61 Å². The number of carbonyl (C=O) groups excluding carboxylic acids is 1. The van der Waals surface area contributed by atoms with E-state index in [1.165, 1.54) is 0 Å². The Balaban J connectivity index is 2.69. The first kappa shape index (κ1) is 14.2. The Morgan fingerprint density at radius 1 is 1.29 bits per heavy atom. The maximum atomic E-state index is 12.0. The van der Waals surface area contributed by atoms with E-state index in [1.807, 2.05) is 0 Å². The number of carbonyl (C=O) groups is 1.